The highest BCUT2D eigenvalue weighted by Crippen LogP contribution is 2.15. The van der Waals surface area contributed by atoms with Crippen LogP contribution in [0.25, 0.3) is 11.5 Å². The van der Waals surface area contributed by atoms with E-state index in [1.807, 2.05) is 0 Å². The van der Waals surface area contributed by atoms with Crippen LogP contribution in [0.2, 0.25) is 0 Å². The monoisotopic (exact) mass is 298 g/mol. The van der Waals surface area contributed by atoms with Gasteiger partial charge in [0.05, 0.1) is 0 Å². The first kappa shape index (κ1) is 13.9. The molecular formula is C16H11FN2O3. The Labute approximate surface area is 124 Å². The van der Waals surface area contributed by atoms with Crippen LogP contribution in [0.1, 0.15) is 10.4 Å². The van der Waals surface area contributed by atoms with Gasteiger partial charge >= 0.3 is 5.76 Å². The second kappa shape index (κ2) is 5.77. The molecule has 0 saturated carbocycles. The molecule has 0 fully saturated rings. The summed E-state index contributed by atoms with van der Waals surface area (Å²) < 4.78 is 18.8. The Kier molecular flexibility index (Phi) is 3.65. The summed E-state index contributed by atoms with van der Waals surface area (Å²) in [6, 6.07) is 14.0. The Hall–Kier alpha value is -3.02. The van der Waals surface area contributed by atoms with Crippen LogP contribution in [0.3, 0.4) is 0 Å². The maximum absolute atomic E-state index is 12.9. The molecular weight excluding hydrogens is 287 g/mol. The average Bonchev–Trinajstić information content (AvgIpc) is 2.90. The van der Waals surface area contributed by atoms with E-state index >= 15 is 0 Å². The summed E-state index contributed by atoms with van der Waals surface area (Å²) >= 11 is 0. The lowest BCUT2D eigenvalue weighted by molar-refractivity contribution is 0.0965. The number of halogens is 1. The van der Waals surface area contributed by atoms with Gasteiger partial charge in [-0.1, -0.05) is 30.3 Å². The number of carbonyl (C=O) groups excluding carboxylic acids is 1. The molecule has 0 bridgehead atoms. The smallest absolute Gasteiger partial charge is 0.388 e. The summed E-state index contributed by atoms with van der Waals surface area (Å²) in [5.41, 5.74) is 0.949. The van der Waals surface area contributed by atoms with Gasteiger partial charge in [-0.05, 0) is 24.3 Å². The van der Waals surface area contributed by atoms with Crippen LogP contribution in [0.5, 0.6) is 0 Å². The van der Waals surface area contributed by atoms with Gasteiger partial charge in [-0.15, -0.1) is 5.10 Å². The topological polar surface area (TPSA) is 65.1 Å². The molecule has 0 saturated heterocycles. The first-order chi connectivity index (χ1) is 10.6. The molecule has 0 aliphatic heterocycles. The minimum absolute atomic E-state index is 0.0471. The minimum atomic E-state index is -0.733. The van der Waals surface area contributed by atoms with Gasteiger partial charge in [-0.3, -0.25) is 4.79 Å². The van der Waals surface area contributed by atoms with Crippen LogP contribution >= 0.6 is 0 Å². The Morgan fingerprint density at radius 1 is 1.09 bits per heavy atom. The number of aromatic nitrogens is 2. The van der Waals surface area contributed by atoms with E-state index in [-0.39, 0.29) is 18.2 Å². The van der Waals surface area contributed by atoms with Crippen LogP contribution in [0.4, 0.5) is 4.39 Å². The van der Waals surface area contributed by atoms with Gasteiger partial charge in [0.15, 0.2) is 5.78 Å². The fourth-order valence-corrected chi connectivity index (χ4v) is 1.97. The van der Waals surface area contributed by atoms with Gasteiger partial charge < -0.3 is 4.42 Å². The molecule has 0 unspecified atom stereocenters. The molecule has 22 heavy (non-hydrogen) atoms. The zero-order valence-electron chi connectivity index (χ0n) is 11.4. The van der Waals surface area contributed by atoms with E-state index < -0.39 is 11.6 Å². The number of benzene rings is 2. The summed E-state index contributed by atoms with van der Waals surface area (Å²) in [7, 11) is 0. The molecule has 110 valence electrons. The predicted molar refractivity (Wildman–Crippen MR) is 76.9 cm³/mol. The van der Waals surface area contributed by atoms with E-state index in [9.17, 15) is 14.0 Å². The molecule has 5 nitrogen and oxygen atoms in total. The fourth-order valence-electron chi connectivity index (χ4n) is 1.97. The molecule has 0 spiro atoms. The maximum atomic E-state index is 12.9. The van der Waals surface area contributed by atoms with Crippen molar-refractivity contribution in [1.82, 2.24) is 9.78 Å². The number of hydrogen-bond donors (Lipinski definition) is 0. The normalized spacial score (nSPS) is 10.6. The van der Waals surface area contributed by atoms with E-state index in [2.05, 4.69) is 5.10 Å². The van der Waals surface area contributed by atoms with Crippen LogP contribution in [0.15, 0.2) is 63.8 Å². The van der Waals surface area contributed by atoms with E-state index in [0.29, 0.717) is 11.1 Å². The van der Waals surface area contributed by atoms with Crippen molar-refractivity contribution < 1.29 is 13.6 Å². The first-order valence-electron chi connectivity index (χ1n) is 6.55. The predicted octanol–water partition coefficient (Wildman–Crippen LogP) is 2.53. The Morgan fingerprint density at radius 2 is 1.77 bits per heavy atom. The van der Waals surface area contributed by atoms with Crippen molar-refractivity contribution in [1.29, 1.82) is 0 Å². The molecule has 0 amide bonds. The lowest BCUT2D eigenvalue weighted by Gasteiger charge is -1.99. The first-order valence-corrected chi connectivity index (χ1v) is 6.55. The lowest BCUT2D eigenvalue weighted by Crippen LogP contribution is -2.21. The lowest BCUT2D eigenvalue weighted by atomic mass is 10.1. The van der Waals surface area contributed by atoms with Gasteiger partial charge in [0.1, 0.15) is 12.4 Å². The third kappa shape index (κ3) is 2.85. The summed E-state index contributed by atoms with van der Waals surface area (Å²) in [4.78, 5) is 23.8. The number of carbonyl (C=O) groups is 1. The van der Waals surface area contributed by atoms with Crippen molar-refractivity contribution in [3.8, 4) is 11.5 Å². The van der Waals surface area contributed by atoms with E-state index in [4.69, 9.17) is 4.42 Å². The average molecular weight is 298 g/mol. The molecule has 0 N–H and O–H groups in total. The van der Waals surface area contributed by atoms with Crippen molar-refractivity contribution in [2.45, 2.75) is 6.54 Å². The fraction of sp³-hybridized carbons (Fsp3) is 0.0625. The van der Waals surface area contributed by atoms with Crippen LogP contribution < -0.4 is 5.76 Å². The Balaban J connectivity index is 1.85. The largest absolute Gasteiger partial charge is 0.437 e. The summed E-state index contributed by atoms with van der Waals surface area (Å²) in [5, 5.41) is 3.97. The molecule has 0 aliphatic carbocycles. The molecule has 0 aliphatic rings. The molecule has 6 heteroatoms. The summed E-state index contributed by atoms with van der Waals surface area (Å²) in [6.07, 6.45) is 0. The van der Waals surface area contributed by atoms with Crippen LogP contribution in [-0.2, 0) is 6.54 Å². The number of nitrogens with zero attached hydrogens (tertiary/aromatic N) is 2. The molecule has 1 aromatic heterocycles. The molecule has 0 radical (unpaired) electrons. The third-order valence-corrected chi connectivity index (χ3v) is 3.09. The number of Topliss-reactive ketones (excluding diaryl/α,β-unsaturated/α-hetero) is 1. The number of rotatable bonds is 4. The highest BCUT2D eigenvalue weighted by atomic mass is 19.1. The summed E-state index contributed by atoms with van der Waals surface area (Å²) in [6.45, 7) is -0.215. The standard InChI is InChI=1S/C16H11FN2O3/c17-13-8-6-12(7-9-13)15-18-19(16(21)22-15)10-14(20)11-4-2-1-3-5-11/h1-9H,10H2. The second-order valence-electron chi connectivity index (χ2n) is 4.63. The third-order valence-electron chi connectivity index (χ3n) is 3.09. The number of hydrogen-bond acceptors (Lipinski definition) is 4. The number of ketones is 1. The van der Waals surface area contributed by atoms with Crippen molar-refractivity contribution >= 4 is 5.78 Å². The zero-order chi connectivity index (χ0) is 15.5. The quantitative estimate of drug-likeness (QED) is 0.694. The van der Waals surface area contributed by atoms with Crippen molar-refractivity contribution in [3.63, 3.8) is 0 Å². The molecule has 0 atom stereocenters. The second-order valence-corrected chi connectivity index (χ2v) is 4.63. The van der Waals surface area contributed by atoms with Crippen LogP contribution in [-0.4, -0.2) is 15.6 Å². The SMILES string of the molecule is O=C(Cn1nc(-c2ccc(F)cc2)oc1=O)c1ccccc1. The molecule has 3 rings (SSSR count). The zero-order valence-corrected chi connectivity index (χ0v) is 11.4. The maximum Gasteiger partial charge on any atom is 0.437 e. The van der Waals surface area contributed by atoms with Crippen LogP contribution in [0, 0.1) is 5.82 Å². The van der Waals surface area contributed by atoms with E-state index in [1.54, 1.807) is 30.3 Å². The van der Waals surface area contributed by atoms with Crippen molar-refractivity contribution in [2.24, 2.45) is 0 Å². The molecule has 1 heterocycles. The minimum Gasteiger partial charge on any atom is -0.388 e. The van der Waals surface area contributed by atoms with Gasteiger partial charge in [0.2, 0.25) is 5.89 Å². The van der Waals surface area contributed by atoms with E-state index in [0.717, 1.165) is 4.68 Å². The van der Waals surface area contributed by atoms with Gasteiger partial charge in [-0.2, -0.15) is 4.68 Å². The Bertz CT molecular complexity index is 851. The molecule has 2 aromatic carbocycles. The highest BCUT2D eigenvalue weighted by molar-refractivity contribution is 5.95. The van der Waals surface area contributed by atoms with Gasteiger partial charge in [0.25, 0.3) is 0 Å². The van der Waals surface area contributed by atoms with Gasteiger partial charge in [0, 0.05) is 11.1 Å². The van der Waals surface area contributed by atoms with Crippen molar-refractivity contribution in [3.05, 3.63) is 76.5 Å². The molecule has 3 aromatic rings. The van der Waals surface area contributed by atoms with Gasteiger partial charge in [-0.25, -0.2) is 9.18 Å². The Morgan fingerprint density at radius 3 is 2.45 bits per heavy atom. The van der Waals surface area contributed by atoms with E-state index in [1.165, 1.54) is 24.3 Å². The van der Waals surface area contributed by atoms with Crippen molar-refractivity contribution in [2.75, 3.05) is 0 Å². The summed E-state index contributed by atoms with van der Waals surface area (Å²) in [5.74, 6) is -1.33. The highest BCUT2D eigenvalue weighted by Gasteiger charge is 2.14.